The van der Waals surface area contributed by atoms with Crippen molar-refractivity contribution in [2.45, 2.75) is 11.2 Å². The minimum Gasteiger partial charge on any atom is -0.290 e. The monoisotopic (exact) mass is 214 g/mol. The van der Waals surface area contributed by atoms with Crippen LogP contribution in [0.2, 0.25) is 0 Å². The predicted octanol–water partition coefficient (Wildman–Crippen LogP) is 1.40. The third kappa shape index (κ3) is 2.12. The van der Waals surface area contributed by atoms with Crippen molar-refractivity contribution in [2.24, 2.45) is 0 Å². The molecule has 0 aromatic heterocycles. The van der Waals surface area contributed by atoms with Gasteiger partial charge >= 0.3 is 0 Å². The van der Waals surface area contributed by atoms with Crippen molar-refractivity contribution < 1.29 is 9.59 Å². The number of allylic oxidation sites excluding steroid dienone is 4. The fraction of sp³-hybridized carbons (Fsp3) is 0.250. The van der Waals surface area contributed by atoms with E-state index in [1.165, 1.54) is 0 Å². The van der Waals surface area contributed by atoms with E-state index in [1.807, 2.05) is 0 Å². The standard InChI is InChI=1S/C8H7BrO2/c9-6-4-2-1-3-5-7(10)8(6)11/h1-4,6H,5H2/b3-1-,4-2-. The molecule has 0 spiro atoms. The van der Waals surface area contributed by atoms with Crippen molar-refractivity contribution in [2.75, 3.05) is 0 Å². The molecule has 0 saturated heterocycles. The molecule has 1 unspecified atom stereocenters. The van der Waals surface area contributed by atoms with Gasteiger partial charge in [0.15, 0.2) is 0 Å². The quantitative estimate of drug-likeness (QED) is 0.452. The van der Waals surface area contributed by atoms with Crippen molar-refractivity contribution >= 4 is 27.5 Å². The van der Waals surface area contributed by atoms with Crippen molar-refractivity contribution in [3.05, 3.63) is 24.3 Å². The Bertz CT molecular complexity index is 240. The fourth-order valence-corrected chi connectivity index (χ4v) is 1.19. The molecular formula is C8H7BrO2. The van der Waals surface area contributed by atoms with Gasteiger partial charge in [0.05, 0.1) is 4.83 Å². The molecule has 0 aliphatic heterocycles. The number of alkyl halides is 1. The first-order chi connectivity index (χ1) is 5.22. The van der Waals surface area contributed by atoms with Gasteiger partial charge in [-0.15, -0.1) is 0 Å². The summed E-state index contributed by atoms with van der Waals surface area (Å²) < 4.78 is 0. The second-order valence-electron chi connectivity index (χ2n) is 2.21. The maximum atomic E-state index is 11.0. The molecule has 0 fully saturated rings. The van der Waals surface area contributed by atoms with E-state index in [0.717, 1.165) is 0 Å². The van der Waals surface area contributed by atoms with Crippen LogP contribution in [0.4, 0.5) is 0 Å². The lowest BCUT2D eigenvalue weighted by atomic mass is 10.1. The molecule has 2 nitrogen and oxygen atoms in total. The van der Waals surface area contributed by atoms with Crippen LogP contribution in [-0.2, 0) is 9.59 Å². The van der Waals surface area contributed by atoms with Crippen molar-refractivity contribution in [3.63, 3.8) is 0 Å². The van der Waals surface area contributed by atoms with E-state index in [1.54, 1.807) is 24.3 Å². The average molecular weight is 215 g/mol. The molecule has 0 aromatic rings. The minimum atomic E-state index is -0.444. The summed E-state index contributed by atoms with van der Waals surface area (Å²) >= 11 is 3.09. The number of carbonyl (C=O) groups excluding carboxylic acids is 2. The summed E-state index contributed by atoms with van der Waals surface area (Å²) in [5.74, 6) is -0.710. The molecule has 1 atom stereocenters. The van der Waals surface area contributed by atoms with Gasteiger partial charge in [-0.05, 0) is 0 Å². The molecule has 0 heterocycles. The summed E-state index contributed by atoms with van der Waals surface area (Å²) in [6, 6.07) is 0. The summed E-state index contributed by atoms with van der Waals surface area (Å²) in [5, 5.41) is 0. The fourth-order valence-electron chi connectivity index (χ4n) is 0.757. The van der Waals surface area contributed by atoms with E-state index >= 15 is 0 Å². The van der Waals surface area contributed by atoms with E-state index < -0.39 is 4.83 Å². The predicted molar refractivity (Wildman–Crippen MR) is 45.6 cm³/mol. The van der Waals surface area contributed by atoms with Crippen LogP contribution in [0.5, 0.6) is 0 Å². The Morgan fingerprint density at radius 2 is 2.09 bits per heavy atom. The molecule has 1 rings (SSSR count). The Morgan fingerprint density at radius 1 is 1.36 bits per heavy atom. The molecule has 0 saturated carbocycles. The first-order valence-corrected chi connectivity index (χ1v) is 4.18. The van der Waals surface area contributed by atoms with E-state index in [2.05, 4.69) is 15.9 Å². The SMILES string of the molecule is O=C1C/C=C\C=C/C(Br)C1=O. The number of carbonyl (C=O) groups is 2. The van der Waals surface area contributed by atoms with Crippen LogP contribution in [0.15, 0.2) is 24.3 Å². The minimum absolute atomic E-state index is 0.214. The topological polar surface area (TPSA) is 34.1 Å². The van der Waals surface area contributed by atoms with E-state index in [9.17, 15) is 9.59 Å². The zero-order valence-corrected chi connectivity index (χ0v) is 7.37. The van der Waals surface area contributed by atoms with E-state index in [4.69, 9.17) is 0 Å². The van der Waals surface area contributed by atoms with Crippen LogP contribution in [0.25, 0.3) is 0 Å². The lowest BCUT2D eigenvalue weighted by Crippen LogP contribution is -2.22. The summed E-state index contributed by atoms with van der Waals surface area (Å²) in [7, 11) is 0. The Hall–Kier alpha value is -0.700. The Morgan fingerprint density at radius 3 is 2.82 bits per heavy atom. The molecule has 11 heavy (non-hydrogen) atoms. The Balaban J connectivity index is 2.83. The van der Waals surface area contributed by atoms with Gasteiger partial charge in [0, 0.05) is 6.42 Å². The first kappa shape index (κ1) is 8.40. The van der Waals surface area contributed by atoms with Gasteiger partial charge < -0.3 is 0 Å². The molecule has 0 radical (unpaired) electrons. The lowest BCUT2D eigenvalue weighted by molar-refractivity contribution is -0.135. The zero-order chi connectivity index (χ0) is 8.27. The van der Waals surface area contributed by atoms with Crippen molar-refractivity contribution in [1.29, 1.82) is 0 Å². The number of halogens is 1. The molecule has 0 bridgehead atoms. The first-order valence-electron chi connectivity index (χ1n) is 3.26. The van der Waals surface area contributed by atoms with Crippen LogP contribution in [0, 0.1) is 0 Å². The molecule has 58 valence electrons. The summed E-state index contributed by atoms with van der Waals surface area (Å²) in [6.45, 7) is 0. The summed E-state index contributed by atoms with van der Waals surface area (Å²) in [4.78, 5) is 21.5. The number of Topliss-reactive ketones (excluding diaryl/α,β-unsaturated/α-hetero) is 2. The maximum absolute atomic E-state index is 11.0. The molecule has 3 heteroatoms. The Kier molecular flexibility index (Phi) is 2.76. The van der Waals surface area contributed by atoms with E-state index in [0.29, 0.717) is 0 Å². The third-order valence-corrected chi connectivity index (χ3v) is 2.08. The molecule has 0 amide bonds. The van der Waals surface area contributed by atoms with Gasteiger partial charge in [0.25, 0.3) is 0 Å². The second kappa shape index (κ2) is 3.62. The molecule has 0 aromatic carbocycles. The van der Waals surface area contributed by atoms with Gasteiger partial charge in [-0.2, -0.15) is 0 Å². The second-order valence-corrected chi connectivity index (χ2v) is 3.19. The smallest absolute Gasteiger partial charge is 0.216 e. The highest BCUT2D eigenvalue weighted by atomic mass is 79.9. The average Bonchev–Trinajstić information content (AvgIpc) is 2.00. The van der Waals surface area contributed by atoms with Gasteiger partial charge in [0.1, 0.15) is 0 Å². The van der Waals surface area contributed by atoms with Gasteiger partial charge in [-0.25, -0.2) is 0 Å². The van der Waals surface area contributed by atoms with Gasteiger partial charge in [-0.1, -0.05) is 40.2 Å². The largest absolute Gasteiger partial charge is 0.290 e. The highest BCUT2D eigenvalue weighted by Gasteiger charge is 2.19. The maximum Gasteiger partial charge on any atom is 0.216 e. The molecule has 1 aliphatic carbocycles. The van der Waals surface area contributed by atoms with Gasteiger partial charge in [0.2, 0.25) is 11.6 Å². The lowest BCUT2D eigenvalue weighted by Gasteiger charge is -2.02. The summed E-state index contributed by atoms with van der Waals surface area (Å²) in [6.07, 6.45) is 7.05. The highest BCUT2D eigenvalue weighted by molar-refractivity contribution is 9.10. The molecule has 0 N–H and O–H groups in total. The normalized spacial score (nSPS) is 30.8. The number of hydrogen-bond donors (Lipinski definition) is 0. The van der Waals surface area contributed by atoms with Crippen LogP contribution in [0.3, 0.4) is 0 Å². The van der Waals surface area contributed by atoms with Crippen LogP contribution in [-0.4, -0.2) is 16.4 Å². The van der Waals surface area contributed by atoms with Crippen LogP contribution in [0.1, 0.15) is 6.42 Å². The Labute approximate surface area is 73.1 Å². The number of ketones is 2. The zero-order valence-electron chi connectivity index (χ0n) is 5.79. The third-order valence-electron chi connectivity index (χ3n) is 1.36. The van der Waals surface area contributed by atoms with Gasteiger partial charge in [-0.3, -0.25) is 9.59 Å². The van der Waals surface area contributed by atoms with Crippen LogP contribution < -0.4 is 0 Å². The van der Waals surface area contributed by atoms with E-state index in [-0.39, 0.29) is 18.0 Å². The highest BCUT2D eigenvalue weighted by Crippen LogP contribution is 2.08. The number of rotatable bonds is 0. The molecule has 1 aliphatic rings. The molecular weight excluding hydrogens is 208 g/mol. The van der Waals surface area contributed by atoms with Crippen LogP contribution >= 0.6 is 15.9 Å². The van der Waals surface area contributed by atoms with Crippen molar-refractivity contribution in [3.8, 4) is 0 Å². The van der Waals surface area contributed by atoms with Crippen molar-refractivity contribution in [1.82, 2.24) is 0 Å². The number of hydrogen-bond acceptors (Lipinski definition) is 2. The summed E-state index contributed by atoms with van der Waals surface area (Å²) in [5.41, 5.74) is 0.